The van der Waals surface area contributed by atoms with Gasteiger partial charge in [-0.15, -0.1) is 0 Å². The Morgan fingerprint density at radius 3 is 1.96 bits per heavy atom. The van der Waals surface area contributed by atoms with Gasteiger partial charge in [0.25, 0.3) is 0 Å². The van der Waals surface area contributed by atoms with E-state index >= 15 is 0 Å². The molecule has 10 heteroatoms. The third kappa shape index (κ3) is 25.6. The van der Waals surface area contributed by atoms with Gasteiger partial charge in [0.05, 0.1) is 26.4 Å². The molecular weight excluding hydrogens is 372 g/mol. The lowest BCUT2D eigenvalue weighted by molar-refractivity contribution is -0.153. The molecule has 0 radical (unpaired) electrons. The minimum absolute atomic E-state index is 0.00606. The SMILES string of the molecule is CCOC(C)OC1CO1.CCOC(C)OCC(O)COCCN.COCCN. The van der Waals surface area contributed by atoms with Crippen LogP contribution in [0.25, 0.3) is 0 Å². The number of hydrogen-bond acceptors (Lipinski definition) is 10. The van der Waals surface area contributed by atoms with E-state index in [4.69, 9.17) is 39.9 Å². The molecule has 5 N–H and O–H groups in total. The topological polar surface area (TPSA) is 140 Å². The number of nitrogens with two attached hydrogens (primary N) is 2. The van der Waals surface area contributed by atoms with Crippen LogP contribution >= 0.6 is 0 Å². The van der Waals surface area contributed by atoms with Crippen LogP contribution in [0, 0.1) is 0 Å². The third-order valence-corrected chi connectivity index (χ3v) is 2.87. The zero-order chi connectivity index (χ0) is 21.6. The van der Waals surface area contributed by atoms with Gasteiger partial charge in [0, 0.05) is 33.4 Å². The normalized spacial score (nSPS) is 18.2. The van der Waals surface area contributed by atoms with Gasteiger partial charge in [-0.25, -0.2) is 0 Å². The summed E-state index contributed by atoms with van der Waals surface area (Å²) in [5.41, 5.74) is 10.2. The molecule has 0 amide bonds. The summed E-state index contributed by atoms with van der Waals surface area (Å²) < 4.78 is 35.0. The monoisotopic (exact) mass is 414 g/mol. The lowest BCUT2D eigenvalue weighted by Crippen LogP contribution is -2.26. The molecule has 0 bridgehead atoms. The van der Waals surface area contributed by atoms with Crippen LogP contribution in [0.5, 0.6) is 0 Å². The van der Waals surface area contributed by atoms with Crippen molar-refractivity contribution >= 4 is 0 Å². The highest BCUT2D eigenvalue weighted by Crippen LogP contribution is 2.13. The summed E-state index contributed by atoms with van der Waals surface area (Å²) in [4.78, 5) is 0. The van der Waals surface area contributed by atoms with Crippen LogP contribution in [0.2, 0.25) is 0 Å². The van der Waals surface area contributed by atoms with E-state index in [2.05, 4.69) is 4.74 Å². The van der Waals surface area contributed by atoms with Gasteiger partial charge in [-0.1, -0.05) is 0 Å². The average molecular weight is 415 g/mol. The van der Waals surface area contributed by atoms with Gasteiger partial charge in [0.2, 0.25) is 0 Å². The lowest BCUT2D eigenvalue weighted by atomic mass is 10.4. The van der Waals surface area contributed by atoms with E-state index in [9.17, 15) is 5.11 Å². The van der Waals surface area contributed by atoms with Gasteiger partial charge in [-0.2, -0.15) is 0 Å². The first-order chi connectivity index (χ1) is 13.4. The van der Waals surface area contributed by atoms with Crippen LogP contribution in [0.4, 0.5) is 0 Å². The van der Waals surface area contributed by atoms with Gasteiger partial charge in [-0.3, -0.25) is 0 Å². The Balaban J connectivity index is 0. The molecule has 172 valence electrons. The standard InChI is InChI=1S/C9H21NO4.C6H12O3.C3H9NO/c1-3-13-8(2)14-7-9(11)6-12-5-4-10;1-3-7-5(2)9-6-4-8-6;1-5-3-2-4/h8-9,11H,3-7,10H2,1-2H3;5-6H,3-4H2,1-2H3;2-4H2,1H3. The first-order valence-electron chi connectivity index (χ1n) is 9.71. The average Bonchev–Trinajstić information content (AvgIpc) is 3.46. The minimum atomic E-state index is -0.621. The van der Waals surface area contributed by atoms with Crippen molar-refractivity contribution in [2.24, 2.45) is 11.5 Å². The van der Waals surface area contributed by atoms with Crippen molar-refractivity contribution in [1.29, 1.82) is 0 Å². The Morgan fingerprint density at radius 1 is 0.964 bits per heavy atom. The summed E-state index contributed by atoms with van der Waals surface area (Å²) in [5, 5.41) is 9.35. The van der Waals surface area contributed by atoms with Crippen LogP contribution in [-0.2, 0) is 33.2 Å². The smallest absolute Gasteiger partial charge is 0.184 e. The molecule has 0 aromatic carbocycles. The minimum Gasteiger partial charge on any atom is -0.388 e. The Bertz CT molecular complexity index is 297. The lowest BCUT2D eigenvalue weighted by Gasteiger charge is -2.16. The van der Waals surface area contributed by atoms with E-state index in [1.54, 1.807) is 14.0 Å². The zero-order valence-corrected chi connectivity index (χ0v) is 18.1. The molecular formula is C18H42N2O8. The Kier molecular flexibility index (Phi) is 24.4. The zero-order valence-electron chi connectivity index (χ0n) is 18.1. The Morgan fingerprint density at radius 2 is 1.54 bits per heavy atom. The van der Waals surface area contributed by atoms with Crippen molar-refractivity contribution in [3.8, 4) is 0 Å². The van der Waals surface area contributed by atoms with E-state index in [1.807, 2.05) is 20.8 Å². The molecule has 1 rings (SSSR count). The Hall–Kier alpha value is -0.400. The molecule has 0 saturated carbocycles. The highest BCUT2D eigenvalue weighted by Gasteiger charge is 2.25. The summed E-state index contributed by atoms with van der Waals surface area (Å²) in [6.45, 7) is 12.2. The molecule has 10 nitrogen and oxygen atoms in total. The molecule has 0 aliphatic carbocycles. The predicted molar refractivity (Wildman–Crippen MR) is 106 cm³/mol. The summed E-state index contributed by atoms with van der Waals surface area (Å²) in [7, 11) is 1.63. The number of ether oxygens (including phenoxy) is 7. The van der Waals surface area contributed by atoms with Crippen molar-refractivity contribution in [1.82, 2.24) is 0 Å². The molecule has 0 aromatic heterocycles. The van der Waals surface area contributed by atoms with Gasteiger partial charge in [-0.05, 0) is 27.7 Å². The summed E-state index contributed by atoms with van der Waals surface area (Å²) in [5.74, 6) is 0. The number of hydrogen-bond donors (Lipinski definition) is 3. The van der Waals surface area contributed by atoms with Crippen LogP contribution in [0.15, 0.2) is 0 Å². The first kappa shape index (κ1) is 29.8. The summed E-state index contributed by atoms with van der Waals surface area (Å²) in [6.07, 6.45) is -1.03. The number of methoxy groups -OCH3 is 1. The van der Waals surface area contributed by atoms with Gasteiger partial charge < -0.3 is 49.7 Å². The maximum absolute atomic E-state index is 9.35. The highest BCUT2D eigenvalue weighted by molar-refractivity contribution is 4.55. The second-order valence-corrected chi connectivity index (χ2v) is 5.58. The fourth-order valence-corrected chi connectivity index (χ4v) is 1.60. The predicted octanol–water partition coefficient (Wildman–Crippen LogP) is 0.0550. The van der Waals surface area contributed by atoms with Gasteiger partial charge in [0.15, 0.2) is 18.9 Å². The van der Waals surface area contributed by atoms with Crippen molar-refractivity contribution in [2.75, 3.05) is 66.4 Å². The molecule has 4 atom stereocenters. The molecule has 1 fully saturated rings. The Labute approximate surface area is 169 Å². The van der Waals surface area contributed by atoms with E-state index in [1.165, 1.54) is 0 Å². The highest BCUT2D eigenvalue weighted by atomic mass is 16.8. The number of rotatable bonds is 15. The number of epoxide rings is 1. The van der Waals surface area contributed by atoms with Gasteiger partial charge >= 0.3 is 0 Å². The van der Waals surface area contributed by atoms with Crippen LogP contribution in [-0.4, -0.2) is 96.5 Å². The molecule has 0 aromatic rings. The van der Waals surface area contributed by atoms with E-state index in [-0.39, 0.29) is 32.1 Å². The quantitative estimate of drug-likeness (QED) is 0.191. The van der Waals surface area contributed by atoms with E-state index in [0.717, 1.165) is 6.61 Å². The third-order valence-electron chi connectivity index (χ3n) is 2.87. The molecule has 28 heavy (non-hydrogen) atoms. The molecule has 4 unspecified atom stereocenters. The summed E-state index contributed by atoms with van der Waals surface area (Å²) >= 11 is 0. The van der Waals surface area contributed by atoms with E-state index < -0.39 is 6.10 Å². The van der Waals surface area contributed by atoms with Crippen LogP contribution in [0.3, 0.4) is 0 Å². The molecule has 1 saturated heterocycles. The van der Waals surface area contributed by atoms with Crippen molar-refractivity contribution in [3.63, 3.8) is 0 Å². The molecule has 1 aliphatic rings. The second-order valence-electron chi connectivity index (χ2n) is 5.58. The molecule has 0 spiro atoms. The molecule has 1 heterocycles. The number of aliphatic hydroxyl groups excluding tert-OH is 1. The number of aliphatic hydroxyl groups is 1. The second kappa shape index (κ2) is 22.9. The maximum Gasteiger partial charge on any atom is 0.184 e. The van der Waals surface area contributed by atoms with Crippen molar-refractivity contribution in [2.45, 2.75) is 52.7 Å². The van der Waals surface area contributed by atoms with Crippen molar-refractivity contribution in [3.05, 3.63) is 0 Å². The largest absolute Gasteiger partial charge is 0.388 e. The van der Waals surface area contributed by atoms with E-state index in [0.29, 0.717) is 39.5 Å². The van der Waals surface area contributed by atoms with Crippen molar-refractivity contribution < 1.29 is 38.3 Å². The van der Waals surface area contributed by atoms with Crippen LogP contribution in [0.1, 0.15) is 27.7 Å². The fraction of sp³-hybridized carbons (Fsp3) is 1.00. The van der Waals surface area contributed by atoms with Gasteiger partial charge in [0.1, 0.15) is 12.7 Å². The first-order valence-corrected chi connectivity index (χ1v) is 9.71. The van der Waals surface area contributed by atoms with Crippen LogP contribution < -0.4 is 11.5 Å². The molecule has 1 aliphatic heterocycles. The summed E-state index contributed by atoms with van der Waals surface area (Å²) in [6, 6.07) is 0. The fourth-order valence-electron chi connectivity index (χ4n) is 1.60. The maximum atomic E-state index is 9.35.